The lowest BCUT2D eigenvalue weighted by molar-refractivity contribution is -0.165. The van der Waals surface area contributed by atoms with Crippen LogP contribution in [0.25, 0.3) is 0 Å². The molecule has 9 nitrogen and oxygen atoms in total. The van der Waals surface area contributed by atoms with E-state index in [-0.39, 0.29) is 23.6 Å². The van der Waals surface area contributed by atoms with Crippen LogP contribution in [-0.2, 0) is 16.1 Å². The highest BCUT2D eigenvalue weighted by Gasteiger charge is 2.55. The Morgan fingerprint density at radius 2 is 1.84 bits per heavy atom. The van der Waals surface area contributed by atoms with E-state index >= 15 is 0 Å². The van der Waals surface area contributed by atoms with Crippen LogP contribution in [-0.4, -0.2) is 77.0 Å². The molecule has 1 spiro atoms. The molecule has 3 N–H and O–H groups in total. The molecule has 3 aliphatic rings. The number of allylic oxidation sites excluding steroid dienone is 2. The second kappa shape index (κ2) is 13.5. The zero-order valence-corrected chi connectivity index (χ0v) is 25.6. The number of carbonyl (C=O) groups excluding carboxylic acids is 3. The van der Waals surface area contributed by atoms with Crippen molar-refractivity contribution in [2.24, 2.45) is 5.92 Å². The van der Waals surface area contributed by atoms with E-state index in [1.165, 1.54) is 0 Å². The van der Waals surface area contributed by atoms with Crippen LogP contribution in [0, 0.1) is 5.92 Å². The summed E-state index contributed by atoms with van der Waals surface area (Å²) in [6, 6.07) is 11.8. The summed E-state index contributed by atoms with van der Waals surface area (Å²) in [5, 5.41) is 16.9. The smallest absolute Gasteiger partial charge is 0.251 e. The second-order valence-electron chi connectivity index (χ2n) is 11.8. The minimum atomic E-state index is -0.891. The Labute approximate surface area is 258 Å². The minimum absolute atomic E-state index is 0.0403. The summed E-state index contributed by atoms with van der Waals surface area (Å²) in [6.07, 6.45) is 7.45. The summed E-state index contributed by atoms with van der Waals surface area (Å²) in [4.78, 5) is 43.3. The number of nitrogens with one attached hydrogen (secondary N) is 2. The van der Waals surface area contributed by atoms with Crippen LogP contribution in [0.15, 0.2) is 54.6 Å². The van der Waals surface area contributed by atoms with E-state index in [0.29, 0.717) is 61.1 Å². The molecule has 0 saturated carbocycles. The Balaban J connectivity index is 1.20. The number of rotatable bonds is 10. The van der Waals surface area contributed by atoms with Crippen LogP contribution in [0.5, 0.6) is 11.5 Å². The molecule has 10 heteroatoms. The molecule has 230 valence electrons. The first-order chi connectivity index (χ1) is 20.8. The number of ether oxygens (including phenoxy) is 1. The maximum Gasteiger partial charge on any atom is 0.251 e. The lowest BCUT2D eigenvalue weighted by Gasteiger charge is -2.52. The quantitative estimate of drug-likeness (QED) is 0.347. The van der Waals surface area contributed by atoms with Crippen LogP contribution in [0.3, 0.4) is 0 Å². The van der Waals surface area contributed by atoms with Gasteiger partial charge in [0.1, 0.15) is 23.1 Å². The van der Waals surface area contributed by atoms with Gasteiger partial charge in [0.15, 0.2) is 0 Å². The fourth-order valence-corrected chi connectivity index (χ4v) is 6.61. The molecule has 2 atom stereocenters. The average Bonchev–Trinajstić information content (AvgIpc) is 3.56. The predicted octanol–water partition coefficient (Wildman–Crippen LogP) is 4.28. The molecule has 0 aromatic heterocycles. The van der Waals surface area contributed by atoms with Crippen LogP contribution in [0.2, 0.25) is 5.02 Å². The van der Waals surface area contributed by atoms with Gasteiger partial charge in [-0.25, -0.2) is 0 Å². The number of likely N-dealkylation sites (tertiary alicyclic amines) is 1. The van der Waals surface area contributed by atoms with Gasteiger partial charge in [0.2, 0.25) is 11.8 Å². The Bertz CT molecular complexity index is 1350. The van der Waals surface area contributed by atoms with Gasteiger partial charge in [0, 0.05) is 38.8 Å². The molecule has 1 aliphatic carbocycles. The van der Waals surface area contributed by atoms with Crippen LogP contribution in [0.1, 0.15) is 61.4 Å². The van der Waals surface area contributed by atoms with Crippen molar-refractivity contribution in [2.45, 2.75) is 69.7 Å². The van der Waals surface area contributed by atoms with E-state index in [2.05, 4.69) is 22.5 Å². The molecule has 43 heavy (non-hydrogen) atoms. The lowest BCUT2D eigenvalue weighted by atomic mass is 9.79. The van der Waals surface area contributed by atoms with Crippen molar-refractivity contribution >= 4 is 29.3 Å². The number of aliphatic hydroxyl groups excluding tert-OH is 1. The van der Waals surface area contributed by atoms with E-state index < -0.39 is 17.7 Å². The zero-order valence-electron chi connectivity index (χ0n) is 24.9. The number of nitrogens with zero attached hydrogens (tertiary/aromatic N) is 2. The van der Waals surface area contributed by atoms with Gasteiger partial charge in [-0.3, -0.25) is 19.3 Å². The normalized spacial score (nSPS) is 21.2. The molecule has 2 saturated heterocycles. The fourth-order valence-electron chi connectivity index (χ4n) is 6.40. The first-order valence-corrected chi connectivity index (χ1v) is 15.6. The van der Waals surface area contributed by atoms with Gasteiger partial charge in [-0.2, -0.15) is 0 Å². The van der Waals surface area contributed by atoms with Gasteiger partial charge in [-0.05, 0) is 73.9 Å². The Kier molecular flexibility index (Phi) is 9.74. The third-order valence-corrected chi connectivity index (χ3v) is 9.32. The minimum Gasteiger partial charge on any atom is -0.456 e. The molecule has 0 bridgehead atoms. The Hall–Kier alpha value is -3.40. The first kappa shape index (κ1) is 31.0. The summed E-state index contributed by atoms with van der Waals surface area (Å²) < 4.78 is 5.94. The molecule has 0 unspecified atom stereocenters. The van der Waals surface area contributed by atoms with E-state index in [4.69, 9.17) is 16.3 Å². The molecular weight excluding hydrogens is 568 g/mol. The van der Waals surface area contributed by atoms with Gasteiger partial charge in [0.05, 0.1) is 11.1 Å². The van der Waals surface area contributed by atoms with Crippen molar-refractivity contribution in [1.82, 2.24) is 20.4 Å². The highest BCUT2D eigenvalue weighted by atomic mass is 35.5. The van der Waals surface area contributed by atoms with Gasteiger partial charge in [-0.15, -0.1) is 0 Å². The number of halogens is 1. The standard InChI is InChI=1S/C33H41ClN4O5/c1-3-4-17-38-31(41)28(29(39)23-7-5-6-8-23)36-32(42)33(38)15-18-37(19-16-33)21-22-9-12-25(13-10-22)43-27-14-11-24(20-26(27)34)30(40)35-2/h5-6,9-14,20,23,28-29,39H,3-4,7-8,15-19,21H2,1-2H3,(H,35,40)(H,36,42)/t28-,29-/m1/s1. The van der Waals surface area contributed by atoms with Crippen molar-refractivity contribution in [1.29, 1.82) is 0 Å². The van der Waals surface area contributed by atoms with Crippen LogP contribution < -0.4 is 15.4 Å². The maximum absolute atomic E-state index is 13.7. The molecule has 3 amide bonds. The zero-order chi connectivity index (χ0) is 30.6. The van der Waals surface area contributed by atoms with Crippen molar-refractivity contribution in [3.63, 3.8) is 0 Å². The molecule has 0 radical (unpaired) electrons. The topological polar surface area (TPSA) is 111 Å². The van der Waals surface area contributed by atoms with Gasteiger partial charge < -0.3 is 25.4 Å². The molecule has 2 heterocycles. The number of carbonyl (C=O) groups is 3. The molecule has 2 aromatic rings. The third-order valence-electron chi connectivity index (χ3n) is 9.02. The number of aliphatic hydroxyl groups is 1. The summed E-state index contributed by atoms with van der Waals surface area (Å²) in [5.41, 5.74) is 0.683. The summed E-state index contributed by atoms with van der Waals surface area (Å²) in [5.74, 6) is 0.546. The fraction of sp³-hybridized carbons (Fsp3) is 0.485. The van der Waals surface area contributed by atoms with Gasteiger partial charge in [-0.1, -0.05) is 49.2 Å². The summed E-state index contributed by atoms with van der Waals surface area (Å²) in [6.45, 7) is 4.66. The average molecular weight is 609 g/mol. The number of piperazine rings is 1. The summed E-state index contributed by atoms with van der Waals surface area (Å²) in [7, 11) is 1.57. The van der Waals surface area contributed by atoms with Crippen LogP contribution in [0.4, 0.5) is 0 Å². The van der Waals surface area contributed by atoms with Crippen molar-refractivity contribution in [3.05, 3.63) is 70.8 Å². The number of hydrogen-bond acceptors (Lipinski definition) is 6. The molecule has 2 aromatic carbocycles. The van der Waals surface area contributed by atoms with E-state index in [0.717, 1.165) is 31.2 Å². The second-order valence-corrected chi connectivity index (χ2v) is 12.2. The van der Waals surface area contributed by atoms with Crippen molar-refractivity contribution in [3.8, 4) is 11.5 Å². The highest BCUT2D eigenvalue weighted by Crippen LogP contribution is 2.36. The maximum atomic E-state index is 13.7. The first-order valence-electron chi connectivity index (χ1n) is 15.2. The molecular formula is C33H41ClN4O5. The molecule has 5 rings (SSSR count). The van der Waals surface area contributed by atoms with Gasteiger partial charge in [0.25, 0.3) is 5.91 Å². The number of piperidine rings is 1. The van der Waals surface area contributed by atoms with Crippen molar-refractivity contribution in [2.75, 3.05) is 26.7 Å². The largest absolute Gasteiger partial charge is 0.456 e. The predicted molar refractivity (Wildman–Crippen MR) is 165 cm³/mol. The number of benzene rings is 2. The SMILES string of the molecule is CCCCN1C(=O)[C@@H]([C@H](O)C2CC=CC2)NC(=O)C12CCN(Cc1ccc(Oc3ccc(C(=O)NC)cc3Cl)cc1)CC2. The number of hydrogen-bond donors (Lipinski definition) is 3. The van der Waals surface area contributed by atoms with Gasteiger partial charge >= 0.3 is 0 Å². The van der Waals surface area contributed by atoms with Crippen molar-refractivity contribution < 1.29 is 24.2 Å². The van der Waals surface area contributed by atoms with E-state index in [1.807, 2.05) is 36.4 Å². The molecule has 2 aliphatic heterocycles. The third kappa shape index (κ3) is 6.59. The van der Waals surface area contributed by atoms with Crippen LogP contribution >= 0.6 is 11.6 Å². The summed E-state index contributed by atoms with van der Waals surface area (Å²) >= 11 is 6.33. The van der Waals surface area contributed by atoms with E-state index in [9.17, 15) is 19.5 Å². The Morgan fingerprint density at radius 1 is 1.14 bits per heavy atom. The monoisotopic (exact) mass is 608 g/mol. The number of amides is 3. The molecule has 2 fully saturated rings. The lowest BCUT2D eigenvalue weighted by Crippen LogP contribution is -2.75. The van der Waals surface area contributed by atoms with E-state index in [1.54, 1.807) is 30.1 Å². The Morgan fingerprint density at radius 3 is 2.47 bits per heavy atom. The number of unbranched alkanes of at least 4 members (excludes halogenated alkanes) is 1. The highest BCUT2D eigenvalue weighted by molar-refractivity contribution is 6.32.